The van der Waals surface area contributed by atoms with Gasteiger partial charge in [-0.15, -0.1) is 24.8 Å². The van der Waals surface area contributed by atoms with Crippen molar-refractivity contribution in [3.05, 3.63) is 90.0 Å². The average Bonchev–Trinajstić information content (AvgIpc) is 3.16. The fraction of sp³-hybridized carbons (Fsp3) is 0.240. The summed E-state index contributed by atoms with van der Waals surface area (Å²) >= 11 is 6.28. The Bertz CT molecular complexity index is 1050. The van der Waals surface area contributed by atoms with Crippen molar-refractivity contribution in [1.82, 2.24) is 4.90 Å². The highest BCUT2D eigenvalue weighted by Gasteiger charge is 2.37. The van der Waals surface area contributed by atoms with Crippen LogP contribution in [0.4, 0.5) is 13.2 Å². The van der Waals surface area contributed by atoms with E-state index in [0.717, 1.165) is 22.3 Å². The Balaban J connectivity index is 1.54. The van der Waals surface area contributed by atoms with Crippen molar-refractivity contribution in [2.45, 2.75) is 31.3 Å². The molecular weight excluding hydrogens is 439 g/mol. The van der Waals surface area contributed by atoms with Gasteiger partial charge in [0.1, 0.15) is 5.75 Å². The van der Waals surface area contributed by atoms with Crippen LogP contribution < -0.4 is 4.74 Å². The van der Waals surface area contributed by atoms with E-state index in [1.165, 1.54) is 12.1 Å². The first-order chi connectivity index (χ1) is 15.4. The van der Waals surface area contributed by atoms with Crippen molar-refractivity contribution in [2.24, 2.45) is 0 Å². The Kier molecular flexibility index (Phi) is 6.42. The van der Waals surface area contributed by atoms with Crippen LogP contribution in [0, 0.1) is 0 Å². The molecule has 7 heteroatoms. The molecule has 32 heavy (non-hydrogen) atoms. The lowest BCUT2D eigenvalue weighted by Crippen LogP contribution is -2.33. The Morgan fingerprint density at radius 2 is 1.53 bits per heavy atom. The number of alkyl halides is 4. The third-order valence-electron chi connectivity index (χ3n) is 5.64. The number of hydrogen-bond acceptors (Lipinski definition) is 2. The molecule has 3 aromatic carbocycles. The molecule has 0 spiro atoms. The quantitative estimate of drug-likeness (QED) is 0.375. The molecule has 1 saturated heterocycles. The zero-order chi connectivity index (χ0) is 22.7. The topological polar surface area (TPSA) is 29.5 Å². The van der Waals surface area contributed by atoms with Crippen molar-refractivity contribution < 1.29 is 22.7 Å². The minimum absolute atomic E-state index is 0.0776. The van der Waals surface area contributed by atoms with Crippen LogP contribution in [0.2, 0.25) is 0 Å². The average molecular weight is 460 g/mol. The first kappa shape index (κ1) is 22.2. The molecule has 3 nitrogen and oxygen atoms in total. The molecule has 0 aromatic heterocycles. The number of halogens is 4. The number of carbonyl (C=O) groups excluding carboxylic acids is 1. The van der Waals surface area contributed by atoms with Crippen LogP contribution in [0.5, 0.6) is 5.75 Å². The smallest absolute Gasteiger partial charge is 0.406 e. The third kappa shape index (κ3) is 4.91. The Labute approximate surface area is 189 Å². The number of carbonyl (C=O) groups is 1. The summed E-state index contributed by atoms with van der Waals surface area (Å²) in [7, 11) is 0. The molecule has 1 aliphatic heterocycles. The second kappa shape index (κ2) is 9.25. The SMILES string of the molecule is O=C1CCC(c2ccc(-c3ccc(OC(F)(F)F)cc3)cc2)N1C(CCl)c1ccccc1. The van der Waals surface area contributed by atoms with E-state index >= 15 is 0 Å². The van der Waals surface area contributed by atoms with E-state index in [9.17, 15) is 18.0 Å². The van der Waals surface area contributed by atoms with Gasteiger partial charge >= 0.3 is 6.36 Å². The molecule has 0 radical (unpaired) electrons. The number of nitrogens with zero attached hydrogens (tertiary/aromatic N) is 1. The maximum absolute atomic E-state index is 12.7. The molecule has 2 atom stereocenters. The van der Waals surface area contributed by atoms with Crippen molar-refractivity contribution >= 4 is 17.5 Å². The minimum atomic E-state index is -4.71. The summed E-state index contributed by atoms with van der Waals surface area (Å²) in [5.74, 6) is 0.122. The maximum Gasteiger partial charge on any atom is 0.573 e. The van der Waals surface area contributed by atoms with E-state index in [1.54, 1.807) is 12.1 Å². The largest absolute Gasteiger partial charge is 0.573 e. The van der Waals surface area contributed by atoms with Gasteiger partial charge in [-0.2, -0.15) is 0 Å². The van der Waals surface area contributed by atoms with E-state index in [1.807, 2.05) is 59.5 Å². The van der Waals surface area contributed by atoms with Gasteiger partial charge in [0.2, 0.25) is 5.91 Å². The van der Waals surface area contributed by atoms with Gasteiger partial charge in [-0.1, -0.05) is 66.7 Å². The van der Waals surface area contributed by atoms with Crippen LogP contribution in [-0.4, -0.2) is 23.0 Å². The lowest BCUT2D eigenvalue weighted by Gasteiger charge is -2.33. The summed E-state index contributed by atoms with van der Waals surface area (Å²) in [5.41, 5.74) is 3.64. The number of rotatable bonds is 6. The molecule has 0 saturated carbocycles. The van der Waals surface area contributed by atoms with Gasteiger partial charge in [-0.25, -0.2) is 0 Å². The lowest BCUT2D eigenvalue weighted by molar-refractivity contribution is -0.274. The fourth-order valence-corrected chi connectivity index (χ4v) is 4.49. The zero-order valence-electron chi connectivity index (χ0n) is 17.1. The molecule has 0 aliphatic carbocycles. The van der Waals surface area contributed by atoms with Gasteiger partial charge in [0.05, 0.1) is 12.1 Å². The molecule has 0 bridgehead atoms. The summed E-state index contributed by atoms with van der Waals surface area (Å²) < 4.78 is 41.0. The van der Waals surface area contributed by atoms with E-state index < -0.39 is 6.36 Å². The fourth-order valence-electron chi connectivity index (χ4n) is 4.17. The summed E-state index contributed by atoms with van der Waals surface area (Å²) in [5, 5.41) is 0. The van der Waals surface area contributed by atoms with Crippen molar-refractivity contribution in [3.8, 4) is 16.9 Å². The number of ether oxygens (including phenoxy) is 1. The van der Waals surface area contributed by atoms with Gasteiger partial charge in [-0.05, 0) is 40.8 Å². The minimum Gasteiger partial charge on any atom is -0.406 e. The predicted octanol–water partition coefficient (Wildman–Crippen LogP) is 6.90. The third-order valence-corrected chi connectivity index (χ3v) is 5.93. The maximum atomic E-state index is 12.7. The van der Waals surface area contributed by atoms with Gasteiger partial charge in [-0.3, -0.25) is 4.79 Å². The molecule has 3 aromatic rings. The van der Waals surface area contributed by atoms with Crippen LogP contribution in [0.15, 0.2) is 78.9 Å². The van der Waals surface area contributed by atoms with Crippen LogP contribution >= 0.6 is 11.6 Å². The van der Waals surface area contributed by atoms with E-state index in [2.05, 4.69) is 4.74 Å². The number of amides is 1. The lowest BCUT2D eigenvalue weighted by atomic mass is 9.98. The van der Waals surface area contributed by atoms with E-state index in [-0.39, 0.29) is 23.7 Å². The molecular formula is C25H21ClF3NO2. The Morgan fingerprint density at radius 1 is 0.938 bits per heavy atom. The van der Waals surface area contributed by atoms with Gasteiger partial charge in [0.15, 0.2) is 0 Å². The molecule has 1 amide bonds. The summed E-state index contributed by atoms with van der Waals surface area (Å²) in [6.45, 7) is 0. The van der Waals surface area contributed by atoms with E-state index in [0.29, 0.717) is 18.7 Å². The van der Waals surface area contributed by atoms with Crippen molar-refractivity contribution in [2.75, 3.05) is 5.88 Å². The molecule has 1 heterocycles. The Hall–Kier alpha value is -2.99. The summed E-state index contributed by atoms with van der Waals surface area (Å²) in [6, 6.07) is 23.0. The monoisotopic (exact) mass is 459 g/mol. The van der Waals surface area contributed by atoms with Gasteiger partial charge in [0.25, 0.3) is 0 Å². The molecule has 166 valence electrons. The second-order valence-corrected chi connectivity index (χ2v) is 7.94. The standard InChI is InChI=1S/C25H21ClF3NO2/c26-16-23(19-4-2-1-3-5-19)30-22(14-15-24(30)31)20-8-6-17(7-9-20)18-10-12-21(13-11-18)32-25(27,28)29/h1-13,22-23H,14-16H2. The zero-order valence-corrected chi connectivity index (χ0v) is 17.8. The predicted molar refractivity (Wildman–Crippen MR) is 117 cm³/mol. The van der Waals surface area contributed by atoms with Gasteiger partial charge in [0, 0.05) is 12.3 Å². The number of likely N-dealkylation sites (tertiary alicyclic amines) is 1. The highest BCUT2D eigenvalue weighted by atomic mass is 35.5. The van der Waals surface area contributed by atoms with Crippen LogP contribution in [0.1, 0.15) is 36.1 Å². The highest BCUT2D eigenvalue weighted by molar-refractivity contribution is 6.18. The first-order valence-electron chi connectivity index (χ1n) is 10.2. The van der Waals surface area contributed by atoms with E-state index in [4.69, 9.17) is 11.6 Å². The number of hydrogen-bond donors (Lipinski definition) is 0. The molecule has 2 unspecified atom stereocenters. The summed E-state index contributed by atoms with van der Waals surface area (Å²) in [4.78, 5) is 14.6. The molecule has 0 N–H and O–H groups in total. The van der Waals surface area contributed by atoms with Crippen molar-refractivity contribution in [1.29, 1.82) is 0 Å². The normalized spacial score (nSPS) is 17.4. The molecule has 4 rings (SSSR count). The van der Waals surface area contributed by atoms with Crippen molar-refractivity contribution in [3.63, 3.8) is 0 Å². The van der Waals surface area contributed by atoms with Crippen LogP contribution in [0.3, 0.4) is 0 Å². The highest BCUT2D eigenvalue weighted by Crippen LogP contribution is 2.40. The molecule has 1 fully saturated rings. The van der Waals surface area contributed by atoms with Gasteiger partial charge < -0.3 is 9.64 Å². The second-order valence-electron chi connectivity index (χ2n) is 7.63. The Morgan fingerprint density at radius 3 is 2.09 bits per heavy atom. The first-order valence-corrected chi connectivity index (χ1v) is 10.8. The molecule has 1 aliphatic rings. The number of benzene rings is 3. The van der Waals surface area contributed by atoms with Crippen LogP contribution in [0.25, 0.3) is 11.1 Å². The van der Waals surface area contributed by atoms with Crippen LogP contribution in [-0.2, 0) is 4.79 Å². The summed E-state index contributed by atoms with van der Waals surface area (Å²) in [6.07, 6.45) is -3.54.